The molecule has 2 aliphatic rings. The van der Waals surface area contributed by atoms with E-state index in [0.717, 1.165) is 43.1 Å². The largest absolute Gasteiger partial charge is 0.486 e. The average molecular weight is 689 g/mol. The number of hydrogen-bond acceptors (Lipinski definition) is 6. The molecule has 9 nitrogen and oxygen atoms in total. The van der Waals surface area contributed by atoms with E-state index in [0.29, 0.717) is 46.9 Å². The van der Waals surface area contributed by atoms with Gasteiger partial charge in [0, 0.05) is 38.0 Å². The van der Waals surface area contributed by atoms with Crippen molar-refractivity contribution in [1.82, 2.24) is 10.2 Å². The summed E-state index contributed by atoms with van der Waals surface area (Å²) in [6.45, 7) is 0.982. The molecule has 246 valence electrons. The van der Waals surface area contributed by atoms with Gasteiger partial charge in [-0.1, -0.05) is 72.4 Å². The first kappa shape index (κ1) is 33.9. The number of rotatable bonds is 13. The number of benzene rings is 3. The van der Waals surface area contributed by atoms with Crippen LogP contribution in [-0.2, 0) is 32.6 Å². The maximum atomic E-state index is 14.1. The van der Waals surface area contributed by atoms with Gasteiger partial charge in [0.05, 0.1) is 22.0 Å². The van der Waals surface area contributed by atoms with Crippen molar-refractivity contribution in [2.24, 2.45) is 0 Å². The molecule has 12 heteroatoms. The zero-order chi connectivity index (χ0) is 32.7. The molecule has 1 saturated carbocycles. The van der Waals surface area contributed by atoms with E-state index in [9.17, 15) is 18.0 Å². The number of amides is 2. The molecule has 2 amide bonds. The third-order valence-electron chi connectivity index (χ3n) is 8.28. The van der Waals surface area contributed by atoms with Crippen LogP contribution >= 0.6 is 23.2 Å². The van der Waals surface area contributed by atoms with E-state index in [4.69, 9.17) is 32.7 Å². The van der Waals surface area contributed by atoms with Gasteiger partial charge in [-0.25, -0.2) is 8.42 Å². The van der Waals surface area contributed by atoms with E-state index in [1.807, 2.05) is 30.3 Å². The number of ether oxygens (including phenoxy) is 2. The molecule has 0 unspecified atom stereocenters. The first-order chi connectivity index (χ1) is 22.1. The average Bonchev–Trinajstić information content (AvgIpc) is 3.55. The number of carbonyl (C=O) groups is 2. The molecule has 3 aromatic carbocycles. The summed E-state index contributed by atoms with van der Waals surface area (Å²) < 4.78 is 38.2. The first-order valence-corrected chi connectivity index (χ1v) is 18.1. The first-order valence-electron chi connectivity index (χ1n) is 15.5. The minimum atomic E-state index is -3.68. The van der Waals surface area contributed by atoms with Gasteiger partial charge in [0.2, 0.25) is 21.8 Å². The van der Waals surface area contributed by atoms with E-state index in [2.05, 4.69) is 5.32 Å². The molecular weight excluding hydrogens is 649 g/mol. The highest BCUT2D eigenvalue weighted by Gasteiger charge is 2.32. The number of carbonyl (C=O) groups excluding carboxylic acids is 2. The van der Waals surface area contributed by atoms with Gasteiger partial charge in [0.15, 0.2) is 11.5 Å². The van der Waals surface area contributed by atoms with Crippen LogP contribution in [-0.4, -0.2) is 63.2 Å². The number of hydrogen-bond donors (Lipinski definition) is 1. The molecule has 1 fully saturated rings. The minimum Gasteiger partial charge on any atom is -0.486 e. The van der Waals surface area contributed by atoms with E-state index in [1.165, 1.54) is 4.31 Å². The number of anilines is 1. The summed E-state index contributed by atoms with van der Waals surface area (Å²) in [6.07, 6.45) is 5.61. The summed E-state index contributed by atoms with van der Waals surface area (Å²) in [5, 5.41) is 3.94. The fourth-order valence-corrected chi connectivity index (χ4v) is 7.23. The smallest absolute Gasteiger partial charge is 0.243 e. The molecular formula is C34H39Cl2N3O6S. The van der Waals surface area contributed by atoms with Crippen LogP contribution in [0.3, 0.4) is 0 Å². The van der Waals surface area contributed by atoms with Gasteiger partial charge < -0.3 is 19.7 Å². The summed E-state index contributed by atoms with van der Waals surface area (Å²) >= 11 is 12.5. The lowest BCUT2D eigenvalue weighted by atomic mass is 10.0. The van der Waals surface area contributed by atoms with Crippen molar-refractivity contribution >= 4 is 50.7 Å². The van der Waals surface area contributed by atoms with Crippen molar-refractivity contribution in [1.29, 1.82) is 0 Å². The summed E-state index contributed by atoms with van der Waals surface area (Å²) in [5.41, 5.74) is 2.07. The maximum Gasteiger partial charge on any atom is 0.243 e. The molecule has 0 radical (unpaired) electrons. The molecule has 1 heterocycles. The lowest BCUT2D eigenvalue weighted by molar-refractivity contribution is -0.141. The third-order valence-corrected chi connectivity index (χ3v) is 10.2. The Hall–Kier alpha value is -3.47. The minimum absolute atomic E-state index is 0.0138. The van der Waals surface area contributed by atoms with Crippen molar-refractivity contribution in [3.8, 4) is 11.5 Å². The second kappa shape index (κ2) is 15.4. The van der Waals surface area contributed by atoms with E-state index >= 15 is 0 Å². The summed E-state index contributed by atoms with van der Waals surface area (Å²) in [4.78, 5) is 29.6. The highest BCUT2D eigenvalue weighted by molar-refractivity contribution is 7.92. The molecule has 1 aliphatic heterocycles. The Kier molecular flexibility index (Phi) is 11.4. The Labute approximate surface area is 280 Å². The van der Waals surface area contributed by atoms with Crippen LogP contribution in [0.15, 0.2) is 66.7 Å². The standard InChI is InChI=1S/C34H39Cl2N3O6S/c1-46(42,43)39(27-14-16-31-32(22-27)45-19-18-44-31)17-7-12-33(40)38(23-25-13-15-28(35)29(36)20-25)30(21-24-8-3-2-4-9-24)34(41)37-26-10-5-6-11-26/h2-4,8-9,13-16,20,22,26,30H,5-7,10-12,17-19,21,23H2,1H3,(H,37,41)/t30-/m1/s1. The third kappa shape index (κ3) is 8.86. The molecule has 1 N–H and O–H groups in total. The van der Waals surface area contributed by atoms with Gasteiger partial charge in [-0.15, -0.1) is 0 Å². The van der Waals surface area contributed by atoms with Gasteiger partial charge in [-0.05, 0) is 54.7 Å². The van der Waals surface area contributed by atoms with E-state index in [1.54, 1.807) is 41.3 Å². The summed E-state index contributed by atoms with van der Waals surface area (Å²) in [6, 6.07) is 19.0. The van der Waals surface area contributed by atoms with Gasteiger partial charge >= 0.3 is 0 Å². The Balaban J connectivity index is 1.39. The molecule has 0 bridgehead atoms. The number of fused-ring (bicyclic) bond motifs is 1. The zero-order valence-corrected chi connectivity index (χ0v) is 28.1. The van der Waals surface area contributed by atoms with Gasteiger partial charge in [0.1, 0.15) is 19.3 Å². The molecule has 3 aromatic rings. The van der Waals surface area contributed by atoms with Crippen LogP contribution in [0.2, 0.25) is 10.0 Å². The fraction of sp³-hybridized carbons (Fsp3) is 0.412. The lowest BCUT2D eigenvalue weighted by Gasteiger charge is -2.33. The predicted octanol–water partition coefficient (Wildman–Crippen LogP) is 6.01. The van der Waals surface area contributed by atoms with Crippen molar-refractivity contribution < 1.29 is 27.5 Å². The SMILES string of the molecule is CS(=O)(=O)N(CCCC(=O)N(Cc1ccc(Cl)c(Cl)c1)[C@H](Cc1ccccc1)C(=O)NC1CCCC1)c1ccc2c(c1)OCCO2. The van der Waals surface area contributed by atoms with E-state index < -0.39 is 16.1 Å². The van der Waals surface area contributed by atoms with E-state index in [-0.39, 0.29) is 43.8 Å². The molecule has 5 rings (SSSR count). The van der Waals surface area contributed by atoms with Crippen molar-refractivity contribution in [2.45, 2.75) is 63.6 Å². The summed E-state index contributed by atoms with van der Waals surface area (Å²) in [5.74, 6) is 0.539. The van der Waals surface area contributed by atoms with Crippen LogP contribution in [0, 0.1) is 0 Å². The molecule has 1 atom stereocenters. The van der Waals surface area contributed by atoms with Crippen LogP contribution in [0.5, 0.6) is 11.5 Å². The molecule has 0 saturated heterocycles. The summed E-state index contributed by atoms with van der Waals surface area (Å²) in [7, 11) is -3.68. The van der Waals surface area contributed by atoms with Crippen molar-refractivity contribution in [2.75, 3.05) is 30.3 Å². The zero-order valence-electron chi connectivity index (χ0n) is 25.8. The number of halogens is 2. The Morgan fingerprint density at radius 3 is 2.33 bits per heavy atom. The van der Waals surface area contributed by atoms with Crippen LogP contribution in [0.1, 0.15) is 49.7 Å². The molecule has 1 aliphatic carbocycles. The predicted molar refractivity (Wildman–Crippen MR) is 180 cm³/mol. The molecule has 0 aromatic heterocycles. The lowest BCUT2D eigenvalue weighted by Crippen LogP contribution is -2.52. The molecule has 0 spiro atoms. The molecule has 46 heavy (non-hydrogen) atoms. The normalized spacial score (nSPS) is 15.3. The van der Waals surface area contributed by atoms with Crippen LogP contribution in [0.4, 0.5) is 5.69 Å². The monoisotopic (exact) mass is 687 g/mol. The van der Waals surface area contributed by atoms with Crippen LogP contribution in [0.25, 0.3) is 0 Å². The number of nitrogens with zero attached hydrogens (tertiary/aromatic N) is 2. The highest BCUT2D eigenvalue weighted by Crippen LogP contribution is 2.35. The fourth-order valence-electron chi connectivity index (χ4n) is 5.95. The topological polar surface area (TPSA) is 105 Å². The van der Waals surface area contributed by atoms with Gasteiger partial charge in [-0.3, -0.25) is 13.9 Å². The number of nitrogens with one attached hydrogen (secondary N) is 1. The number of sulfonamides is 1. The van der Waals surface area contributed by atoms with Gasteiger partial charge in [0.25, 0.3) is 0 Å². The van der Waals surface area contributed by atoms with Crippen molar-refractivity contribution in [3.63, 3.8) is 0 Å². The maximum absolute atomic E-state index is 14.1. The Morgan fingerprint density at radius 1 is 0.913 bits per heavy atom. The second-order valence-corrected chi connectivity index (χ2v) is 14.5. The Bertz CT molecular complexity index is 1630. The quantitative estimate of drug-likeness (QED) is 0.236. The van der Waals surface area contributed by atoms with Gasteiger partial charge in [-0.2, -0.15) is 0 Å². The highest BCUT2D eigenvalue weighted by atomic mass is 35.5. The Morgan fingerprint density at radius 2 is 1.63 bits per heavy atom. The van der Waals surface area contributed by atoms with Crippen LogP contribution < -0.4 is 19.1 Å². The second-order valence-electron chi connectivity index (χ2n) is 11.7. The van der Waals surface area contributed by atoms with Crippen molar-refractivity contribution in [3.05, 3.63) is 87.9 Å².